The van der Waals surface area contributed by atoms with E-state index in [9.17, 15) is 13.2 Å². The van der Waals surface area contributed by atoms with Crippen molar-refractivity contribution < 1.29 is 13.2 Å². The highest BCUT2D eigenvalue weighted by atomic mass is 32.2. The number of aryl methyl sites for hydroxylation is 1. The molecule has 0 aliphatic carbocycles. The minimum atomic E-state index is -3.13. The predicted octanol–water partition coefficient (Wildman–Crippen LogP) is 0.995. The van der Waals surface area contributed by atoms with E-state index in [4.69, 9.17) is 5.73 Å². The van der Waals surface area contributed by atoms with Crippen LogP contribution in [-0.2, 0) is 21.1 Å². The Hall–Kier alpha value is -1.20. The highest BCUT2D eigenvalue weighted by Gasteiger charge is 2.24. The van der Waals surface area contributed by atoms with Gasteiger partial charge < -0.3 is 5.73 Å². The largest absolute Gasteiger partial charge is 0.318 e. The summed E-state index contributed by atoms with van der Waals surface area (Å²) in [7, 11) is -3.13. The van der Waals surface area contributed by atoms with Gasteiger partial charge in [-0.25, -0.2) is 8.42 Å². The summed E-state index contributed by atoms with van der Waals surface area (Å²) in [4.78, 5) is 11.6. The maximum Gasteiger partial charge on any atom is 0.178 e. The lowest BCUT2D eigenvalue weighted by molar-refractivity contribution is -0.118. The van der Waals surface area contributed by atoms with Crippen LogP contribution < -0.4 is 5.73 Å². The number of nitrogens with two attached hydrogens (primary N) is 1. The van der Waals surface area contributed by atoms with Crippen molar-refractivity contribution in [2.24, 2.45) is 5.73 Å². The summed E-state index contributed by atoms with van der Waals surface area (Å²) in [6.07, 6.45) is 1.36. The average Bonchev–Trinajstić information content (AvgIpc) is 2.27. The number of hydrogen-bond acceptors (Lipinski definition) is 4. The average molecular weight is 253 g/mol. The van der Waals surface area contributed by atoms with Crippen molar-refractivity contribution in [2.45, 2.75) is 30.7 Å². The van der Waals surface area contributed by atoms with E-state index in [1.165, 1.54) is 6.92 Å². The molecule has 0 radical (unpaired) electrons. The minimum absolute atomic E-state index is 0.122. The van der Waals surface area contributed by atoms with Crippen LogP contribution in [0.2, 0.25) is 0 Å². The van der Waals surface area contributed by atoms with Crippen molar-refractivity contribution in [3.8, 4) is 0 Å². The molecule has 0 saturated carbocycles. The molecule has 4 nitrogen and oxygen atoms in total. The topological polar surface area (TPSA) is 77.2 Å². The SMILES string of the molecule is CC(=O)C(N)c1ccc2c(c1)CCCS2(=O)=O. The predicted molar refractivity (Wildman–Crippen MR) is 64.4 cm³/mol. The van der Waals surface area contributed by atoms with Gasteiger partial charge in [0.05, 0.1) is 16.7 Å². The first-order chi connectivity index (χ1) is 7.92. The number of Topliss-reactive ketones (excluding diaryl/α,β-unsaturated/α-hetero) is 1. The molecule has 1 aliphatic heterocycles. The molecule has 2 rings (SSSR count). The first-order valence-corrected chi connectivity index (χ1v) is 7.18. The standard InChI is InChI=1S/C12H15NO3S/c1-8(14)12(13)10-4-5-11-9(7-10)3-2-6-17(11,15)16/h4-5,7,12H,2-3,6,13H2,1H3. The molecule has 0 amide bonds. The first-order valence-electron chi connectivity index (χ1n) is 5.53. The van der Waals surface area contributed by atoms with E-state index in [0.29, 0.717) is 16.9 Å². The van der Waals surface area contributed by atoms with E-state index in [1.807, 2.05) is 0 Å². The van der Waals surface area contributed by atoms with E-state index in [1.54, 1.807) is 18.2 Å². The summed E-state index contributed by atoms with van der Waals surface area (Å²) in [5, 5.41) is 0. The third-order valence-corrected chi connectivity index (χ3v) is 4.97. The summed E-state index contributed by atoms with van der Waals surface area (Å²) >= 11 is 0. The first kappa shape index (κ1) is 12.3. The van der Waals surface area contributed by atoms with Gasteiger partial charge in [0.2, 0.25) is 0 Å². The van der Waals surface area contributed by atoms with Gasteiger partial charge in [0, 0.05) is 0 Å². The van der Waals surface area contributed by atoms with E-state index < -0.39 is 15.9 Å². The molecule has 0 bridgehead atoms. The number of ketones is 1. The number of hydrogen-bond donors (Lipinski definition) is 1. The Bertz CT molecular complexity index is 563. The second kappa shape index (κ2) is 4.23. The lowest BCUT2D eigenvalue weighted by atomic mass is 10.00. The molecular formula is C12H15NO3S. The quantitative estimate of drug-likeness (QED) is 0.852. The zero-order valence-corrected chi connectivity index (χ0v) is 10.5. The summed E-state index contributed by atoms with van der Waals surface area (Å²) < 4.78 is 23.6. The smallest absolute Gasteiger partial charge is 0.178 e. The fourth-order valence-electron chi connectivity index (χ4n) is 2.09. The molecule has 17 heavy (non-hydrogen) atoms. The minimum Gasteiger partial charge on any atom is -0.318 e. The molecule has 1 aromatic rings. The van der Waals surface area contributed by atoms with Crippen molar-refractivity contribution in [2.75, 3.05) is 5.75 Å². The van der Waals surface area contributed by atoms with E-state index in [0.717, 1.165) is 12.0 Å². The fraction of sp³-hybridized carbons (Fsp3) is 0.417. The zero-order valence-electron chi connectivity index (χ0n) is 9.64. The third kappa shape index (κ3) is 2.25. The van der Waals surface area contributed by atoms with Crippen molar-refractivity contribution in [1.82, 2.24) is 0 Å². The Morgan fingerprint density at radius 3 is 2.76 bits per heavy atom. The number of sulfone groups is 1. The number of benzene rings is 1. The van der Waals surface area contributed by atoms with Gasteiger partial charge in [-0.2, -0.15) is 0 Å². The molecule has 1 aliphatic rings. The monoisotopic (exact) mass is 253 g/mol. The second-order valence-corrected chi connectivity index (χ2v) is 6.46. The number of fused-ring (bicyclic) bond motifs is 1. The van der Waals surface area contributed by atoms with Gasteiger partial charge in [-0.3, -0.25) is 4.79 Å². The summed E-state index contributed by atoms with van der Waals surface area (Å²) in [6, 6.07) is 4.29. The Morgan fingerprint density at radius 1 is 1.41 bits per heavy atom. The van der Waals surface area contributed by atoms with Crippen LogP contribution in [0.25, 0.3) is 0 Å². The Morgan fingerprint density at radius 2 is 2.12 bits per heavy atom. The van der Waals surface area contributed by atoms with Crippen molar-refractivity contribution in [1.29, 1.82) is 0 Å². The van der Waals surface area contributed by atoms with Gasteiger partial charge >= 0.3 is 0 Å². The summed E-state index contributed by atoms with van der Waals surface area (Å²) in [5.74, 6) is 0.0848. The van der Waals surface area contributed by atoms with Gasteiger partial charge in [0.1, 0.15) is 0 Å². The van der Waals surface area contributed by atoms with Crippen LogP contribution in [0.1, 0.15) is 30.5 Å². The lowest BCUT2D eigenvalue weighted by Crippen LogP contribution is -2.21. The van der Waals surface area contributed by atoms with Gasteiger partial charge in [0.15, 0.2) is 15.6 Å². The van der Waals surface area contributed by atoms with Crippen molar-refractivity contribution in [3.63, 3.8) is 0 Å². The molecule has 1 atom stereocenters. The molecule has 0 spiro atoms. The van der Waals surface area contributed by atoms with Crippen LogP contribution in [-0.4, -0.2) is 20.0 Å². The lowest BCUT2D eigenvalue weighted by Gasteiger charge is -2.18. The van der Waals surface area contributed by atoms with Gasteiger partial charge in [0.25, 0.3) is 0 Å². The zero-order chi connectivity index (χ0) is 12.6. The molecule has 1 aromatic carbocycles. The van der Waals surface area contributed by atoms with Crippen LogP contribution in [0, 0.1) is 0 Å². The highest BCUT2D eigenvalue weighted by molar-refractivity contribution is 7.91. The Balaban J connectivity index is 2.48. The third-order valence-electron chi connectivity index (χ3n) is 3.08. The molecule has 5 heteroatoms. The molecule has 2 N–H and O–H groups in total. The molecule has 0 aromatic heterocycles. The van der Waals surface area contributed by atoms with Crippen LogP contribution >= 0.6 is 0 Å². The summed E-state index contributed by atoms with van der Waals surface area (Å²) in [6.45, 7) is 1.43. The Labute approximate surface area is 101 Å². The maximum absolute atomic E-state index is 11.8. The maximum atomic E-state index is 11.8. The van der Waals surface area contributed by atoms with Crippen molar-refractivity contribution in [3.05, 3.63) is 29.3 Å². The molecular weight excluding hydrogens is 238 g/mol. The molecule has 0 saturated heterocycles. The summed E-state index contributed by atoms with van der Waals surface area (Å²) in [5.41, 5.74) is 7.21. The van der Waals surface area contributed by atoms with Crippen LogP contribution in [0.4, 0.5) is 0 Å². The molecule has 0 fully saturated rings. The van der Waals surface area contributed by atoms with Crippen LogP contribution in [0.3, 0.4) is 0 Å². The normalized spacial score (nSPS) is 19.4. The van der Waals surface area contributed by atoms with Crippen molar-refractivity contribution >= 4 is 15.6 Å². The second-order valence-electron chi connectivity index (χ2n) is 4.38. The van der Waals surface area contributed by atoms with Crippen LogP contribution in [0.5, 0.6) is 0 Å². The number of rotatable bonds is 2. The van der Waals surface area contributed by atoms with Crippen LogP contribution in [0.15, 0.2) is 23.1 Å². The van der Waals surface area contributed by atoms with E-state index in [-0.39, 0.29) is 11.5 Å². The molecule has 1 heterocycles. The van der Waals surface area contributed by atoms with Gasteiger partial charge in [-0.15, -0.1) is 0 Å². The highest BCUT2D eigenvalue weighted by Crippen LogP contribution is 2.27. The van der Waals surface area contributed by atoms with Gasteiger partial charge in [-0.05, 0) is 37.0 Å². The van der Waals surface area contributed by atoms with E-state index >= 15 is 0 Å². The van der Waals surface area contributed by atoms with E-state index in [2.05, 4.69) is 0 Å². The number of carbonyl (C=O) groups excluding carboxylic acids is 1. The Kier molecular flexibility index (Phi) is 3.05. The fourth-order valence-corrected chi connectivity index (χ4v) is 3.67. The molecule has 1 unspecified atom stereocenters. The number of carbonyl (C=O) groups is 1. The van der Waals surface area contributed by atoms with Gasteiger partial charge in [-0.1, -0.05) is 12.1 Å². The molecule has 92 valence electrons.